The Morgan fingerprint density at radius 3 is 2.53 bits per heavy atom. The Hall–Kier alpha value is -2.68. The second-order valence-corrected chi connectivity index (χ2v) is 8.65. The van der Waals surface area contributed by atoms with Gasteiger partial charge >= 0.3 is 0 Å². The number of ketones is 1. The summed E-state index contributed by atoms with van der Waals surface area (Å²) < 4.78 is 11.6. The van der Waals surface area contributed by atoms with Gasteiger partial charge in [0, 0.05) is 36.2 Å². The van der Waals surface area contributed by atoms with Crippen LogP contribution in [0, 0.1) is 0 Å². The normalized spacial score (nSPS) is 21.2. The largest absolute Gasteiger partial charge is 0.507 e. The number of hydrogen-bond donors (Lipinski definition) is 1. The van der Waals surface area contributed by atoms with Crippen LogP contribution in [0.2, 0.25) is 0 Å². The molecule has 2 aliphatic heterocycles. The predicted molar refractivity (Wildman–Crippen MR) is 123 cm³/mol. The molecule has 0 spiro atoms. The van der Waals surface area contributed by atoms with Gasteiger partial charge in [-0.15, -0.1) is 0 Å². The van der Waals surface area contributed by atoms with E-state index in [1.54, 1.807) is 48.4 Å². The van der Waals surface area contributed by atoms with Gasteiger partial charge in [-0.25, -0.2) is 0 Å². The van der Waals surface area contributed by atoms with E-state index in [1.165, 1.54) is 0 Å². The van der Waals surface area contributed by atoms with Gasteiger partial charge in [-0.1, -0.05) is 40.2 Å². The molecule has 2 heterocycles. The second-order valence-electron chi connectivity index (χ2n) is 7.73. The summed E-state index contributed by atoms with van der Waals surface area (Å²) in [5, 5.41) is 11.1. The van der Waals surface area contributed by atoms with E-state index >= 15 is 0 Å². The number of morpholine rings is 1. The van der Waals surface area contributed by atoms with Gasteiger partial charge in [0.05, 0.1) is 31.9 Å². The molecule has 4 rings (SSSR count). The van der Waals surface area contributed by atoms with Crippen LogP contribution in [0.25, 0.3) is 5.76 Å². The first-order chi connectivity index (χ1) is 15.5. The molecule has 168 valence electrons. The molecule has 2 aromatic rings. The molecule has 0 unspecified atom stereocenters. The summed E-state index contributed by atoms with van der Waals surface area (Å²) in [6.45, 7) is 3.86. The lowest BCUT2D eigenvalue weighted by Gasteiger charge is -2.31. The number of Topliss-reactive ketones (excluding diaryl/α,β-unsaturated/α-hetero) is 1. The number of methoxy groups -OCH3 is 1. The molecule has 1 amide bonds. The van der Waals surface area contributed by atoms with Gasteiger partial charge in [-0.05, 0) is 29.8 Å². The van der Waals surface area contributed by atoms with Crippen molar-refractivity contribution in [3.8, 4) is 5.75 Å². The van der Waals surface area contributed by atoms with Gasteiger partial charge in [-0.2, -0.15) is 0 Å². The molecule has 0 saturated carbocycles. The molecule has 0 aliphatic carbocycles. The predicted octanol–water partition coefficient (Wildman–Crippen LogP) is 3.21. The van der Waals surface area contributed by atoms with E-state index in [-0.39, 0.29) is 11.3 Å². The molecule has 2 fully saturated rings. The number of aliphatic hydroxyl groups is 1. The number of aliphatic hydroxyl groups excluding tert-OH is 1. The van der Waals surface area contributed by atoms with Crippen molar-refractivity contribution < 1.29 is 24.2 Å². The summed E-state index contributed by atoms with van der Waals surface area (Å²) in [4.78, 5) is 29.9. The summed E-state index contributed by atoms with van der Waals surface area (Å²) in [5.74, 6) is -0.854. The molecule has 8 heteroatoms. The van der Waals surface area contributed by atoms with Gasteiger partial charge < -0.3 is 19.5 Å². The molecule has 7 nitrogen and oxygen atoms in total. The average molecular weight is 501 g/mol. The maximum atomic E-state index is 13.1. The number of carbonyl (C=O) groups excluding carboxylic acids is 2. The Bertz CT molecular complexity index is 1030. The fourth-order valence-corrected chi connectivity index (χ4v) is 4.37. The second kappa shape index (κ2) is 9.85. The molecule has 2 aliphatic rings. The number of hydrogen-bond acceptors (Lipinski definition) is 6. The van der Waals surface area contributed by atoms with Gasteiger partial charge in [0.2, 0.25) is 0 Å². The van der Waals surface area contributed by atoms with Crippen molar-refractivity contribution in [3.05, 3.63) is 69.7 Å². The van der Waals surface area contributed by atoms with Gasteiger partial charge in [0.25, 0.3) is 11.7 Å². The zero-order valence-electron chi connectivity index (χ0n) is 17.8. The first-order valence-electron chi connectivity index (χ1n) is 10.5. The van der Waals surface area contributed by atoms with Crippen LogP contribution in [-0.2, 0) is 14.3 Å². The van der Waals surface area contributed by atoms with E-state index in [4.69, 9.17) is 9.47 Å². The van der Waals surface area contributed by atoms with Crippen molar-refractivity contribution >= 4 is 33.4 Å². The third kappa shape index (κ3) is 4.57. The number of benzene rings is 2. The molecule has 0 bridgehead atoms. The third-order valence-electron chi connectivity index (χ3n) is 5.83. The van der Waals surface area contributed by atoms with Crippen molar-refractivity contribution in [2.45, 2.75) is 6.04 Å². The summed E-state index contributed by atoms with van der Waals surface area (Å²) >= 11 is 3.38. The number of nitrogens with zero attached hydrogens (tertiary/aromatic N) is 2. The number of amides is 1. The quantitative estimate of drug-likeness (QED) is 0.372. The van der Waals surface area contributed by atoms with E-state index in [9.17, 15) is 14.7 Å². The number of ether oxygens (including phenoxy) is 2. The van der Waals surface area contributed by atoms with Gasteiger partial charge in [-0.3, -0.25) is 14.5 Å². The van der Waals surface area contributed by atoms with E-state index in [0.717, 1.165) is 17.6 Å². The number of likely N-dealkylation sites (tertiary alicyclic amines) is 1. The average Bonchev–Trinajstić information content (AvgIpc) is 3.08. The summed E-state index contributed by atoms with van der Waals surface area (Å²) in [5.41, 5.74) is 1.28. The zero-order valence-corrected chi connectivity index (χ0v) is 19.4. The lowest BCUT2D eigenvalue weighted by molar-refractivity contribution is -0.140. The Kier molecular flexibility index (Phi) is 6.93. The molecular formula is C24H25BrN2O5. The highest BCUT2D eigenvalue weighted by Crippen LogP contribution is 2.40. The van der Waals surface area contributed by atoms with E-state index in [0.29, 0.717) is 43.2 Å². The maximum absolute atomic E-state index is 13.1. The number of rotatable bonds is 6. The summed E-state index contributed by atoms with van der Waals surface area (Å²) in [7, 11) is 1.57. The number of halogens is 1. The van der Waals surface area contributed by atoms with Crippen LogP contribution < -0.4 is 4.74 Å². The van der Waals surface area contributed by atoms with Crippen LogP contribution >= 0.6 is 15.9 Å². The van der Waals surface area contributed by atoms with Crippen molar-refractivity contribution in [2.24, 2.45) is 0 Å². The third-order valence-corrected chi connectivity index (χ3v) is 6.36. The molecule has 1 atom stereocenters. The van der Waals surface area contributed by atoms with Crippen LogP contribution in [0.3, 0.4) is 0 Å². The highest BCUT2D eigenvalue weighted by Gasteiger charge is 2.46. The zero-order chi connectivity index (χ0) is 22.7. The van der Waals surface area contributed by atoms with Crippen molar-refractivity contribution in [1.82, 2.24) is 9.80 Å². The first kappa shape index (κ1) is 22.5. The van der Waals surface area contributed by atoms with Crippen LogP contribution in [0.15, 0.2) is 58.6 Å². The molecule has 2 saturated heterocycles. The molecule has 0 aromatic heterocycles. The maximum Gasteiger partial charge on any atom is 0.295 e. The lowest BCUT2D eigenvalue weighted by atomic mass is 9.95. The molecule has 32 heavy (non-hydrogen) atoms. The Balaban J connectivity index is 1.74. The smallest absolute Gasteiger partial charge is 0.295 e. The highest BCUT2D eigenvalue weighted by molar-refractivity contribution is 9.10. The van der Waals surface area contributed by atoms with Crippen molar-refractivity contribution in [1.29, 1.82) is 0 Å². The molecule has 0 radical (unpaired) electrons. The van der Waals surface area contributed by atoms with E-state index in [1.807, 2.05) is 12.1 Å². The molecular weight excluding hydrogens is 476 g/mol. The van der Waals surface area contributed by atoms with Crippen LogP contribution in [0.4, 0.5) is 0 Å². The summed E-state index contributed by atoms with van der Waals surface area (Å²) in [6.07, 6.45) is 0. The molecule has 1 N–H and O–H groups in total. The Morgan fingerprint density at radius 2 is 1.84 bits per heavy atom. The fraction of sp³-hybridized carbons (Fsp3) is 0.333. The first-order valence-corrected chi connectivity index (χ1v) is 11.3. The standard InChI is InChI=1S/C24H25BrN2O5/c1-31-19-4-2-3-17(15-19)21-20(22(28)16-5-7-18(25)8-6-16)23(29)24(30)27(21)10-9-26-11-13-32-14-12-26/h2-8,15,21,28H,9-14H2,1H3/b22-20+/t21-/m1/s1. The fourth-order valence-electron chi connectivity index (χ4n) is 4.11. The number of carbonyl (C=O) groups is 2. The van der Waals surface area contributed by atoms with E-state index < -0.39 is 17.7 Å². The van der Waals surface area contributed by atoms with Crippen LogP contribution in [-0.4, -0.2) is 73.1 Å². The minimum Gasteiger partial charge on any atom is -0.507 e. The van der Waals surface area contributed by atoms with Gasteiger partial charge in [0.15, 0.2) is 0 Å². The van der Waals surface area contributed by atoms with Crippen molar-refractivity contribution in [2.75, 3.05) is 46.5 Å². The summed E-state index contributed by atoms with van der Waals surface area (Å²) in [6, 6.07) is 13.5. The SMILES string of the molecule is COc1cccc([C@@H]2/C(=C(\O)c3ccc(Br)cc3)C(=O)C(=O)N2CCN2CCOCC2)c1. The van der Waals surface area contributed by atoms with E-state index in [2.05, 4.69) is 20.8 Å². The lowest BCUT2D eigenvalue weighted by Crippen LogP contribution is -2.42. The minimum absolute atomic E-state index is 0.0903. The Labute approximate surface area is 195 Å². The minimum atomic E-state index is -0.699. The topological polar surface area (TPSA) is 79.3 Å². The van der Waals surface area contributed by atoms with Crippen LogP contribution in [0.5, 0.6) is 5.75 Å². The Morgan fingerprint density at radius 1 is 1.12 bits per heavy atom. The highest BCUT2D eigenvalue weighted by atomic mass is 79.9. The van der Waals surface area contributed by atoms with Crippen molar-refractivity contribution in [3.63, 3.8) is 0 Å². The van der Waals surface area contributed by atoms with Gasteiger partial charge in [0.1, 0.15) is 11.5 Å². The van der Waals surface area contributed by atoms with Crippen LogP contribution in [0.1, 0.15) is 17.2 Å². The monoisotopic (exact) mass is 500 g/mol. The molecule has 2 aromatic carbocycles.